The van der Waals surface area contributed by atoms with Crippen molar-refractivity contribution in [3.05, 3.63) is 59.8 Å². The summed E-state index contributed by atoms with van der Waals surface area (Å²) >= 11 is 0. The van der Waals surface area contributed by atoms with Crippen LogP contribution in [0.1, 0.15) is 28.8 Å². The lowest BCUT2D eigenvalue weighted by Gasteiger charge is -2.17. The summed E-state index contributed by atoms with van der Waals surface area (Å²) in [5, 5.41) is 3.02. The zero-order chi connectivity index (χ0) is 14.7. The fourth-order valence-electron chi connectivity index (χ4n) is 2.58. The fourth-order valence-corrected chi connectivity index (χ4v) is 2.58. The zero-order valence-electron chi connectivity index (χ0n) is 12.0. The van der Waals surface area contributed by atoms with Crippen molar-refractivity contribution >= 4 is 5.91 Å². The molecule has 1 aromatic heterocycles. The number of nitrogens with zero attached hydrogens (tertiary/aromatic N) is 1. The van der Waals surface area contributed by atoms with Crippen LogP contribution in [-0.4, -0.2) is 24.5 Å². The highest BCUT2D eigenvalue weighted by Crippen LogP contribution is 2.47. The van der Waals surface area contributed by atoms with Gasteiger partial charge in [-0.15, -0.1) is 0 Å². The van der Waals surface area contributed by atoms with Crippen LogP contribution in [-0.2, 0) is 5.41 Å². The third-order valence-corrected chi connectivity index (χ3v) is 4.04. The Hall–Kier alpha value is -2.36. The Morgan fingerprint density at radius 1 is 1.24 bits per heavy atom. The molecule has 0 atom stereocenters. The van der Waals surface area contributed by atoms with E-state index in [9.17, 15) is 4.79 Å². The normalized spacial score (nSPS) is 15.3. The SMILES string of the molecule is COc1ncccc1C(=O)NCC1(c2ccccc2)CC1. The number of pyridine rings is 1. The summed E-state index contributed by atoms with van der Waals surface area (Å²) < 4.78 is 5.13. The largest absolute Gasteiger partial charge is 0.480 e. The van der Waals surface area contributed by atoms with Crippen LogP contribution in [0.2, 0.25) is 0 Å². The molecule has 1 aliphatic rings. The Morgan fingerprint density at radius 2 is 2.00 bits per heavy atom. The number of benzene rings is 1. The van der Waals surface area contributed by atoms with Crippen molar-refractivity contribution in [2.45, 2.75) is 18.3 Å². The van der Waals surface area contributed by atoms with Gasteiger partial charge in [0.05, 0.1) is 7.11 Å². The van der Waals surface area contributed by atoms with Gasteiger partial charge in [0.1, 0.15) is 5.56 Å². The van der Waals surface area contributed by atoms with Crippen LogP contribution >= 0.6 is 0 Å². The molecule has 0 saturated heterocycles. The van der Waals surface area contributed by atoms with Gasteiger partial charge in [-0.25, -0.2) is 4.98 Å². The van der Waals surface area contributed by atoms with Crippen LogP contribution in [0.5, 0.6) is 5.88 Å². The Bertz CT molecular complexity index is 636. The van der Waals surface area contributed by atoms with Crippen LogP contribution in [0, 0.1) is 0 Å². The Morgan fingerprint density at radius 3 is 2.67 bits per heavy atom. The molecule has 1 saturated carbocycles. The first-order chi connectivity index (χ1) is 10.2. The summed E-state index contributed by atoms with van der Waals surface area (Å²) in [5.41, 5.74) is 1.87. The van der Waals surface area contributed by atoms with Gasteiger partial charge in [-0.3, -0.25) is 4.79 Å². The van der Waals surface area contributed by atoms with Crippen LogP contribution in [0.15, 0.2) is 48.7 Å². The van der Waals surface area contributed by atoms with E-state index in [1.54, 1.807) is 18.3 Å². The van der Waals surface area contributed by atoms with Crippen LogP contribution < -0.4 is 10.1 Å². The number of methoxy groups -OCH3 is 1. The van der Waals surface area contributed by atoms with E-state index in [2.05, 4.69) is 22.4 Å². The van der Waals surface area contributed by atoms with Gasteiger partial charge in [-0.2, -0.15) is 0 Å². The zero-order valence-corrected chi connectivity index (χ0v) is 12.0. The minimum Gasteiger partial charge on any atom is -0.480 e. The number of amides is 1. The molecule has 4 nitrogen and oxygen atoms in total. The van der Waals surface area contributed by atoms with Gasteiger partial charge in [0.2, 0.25) is 5.88 Å². The van der Waals surface area contributed by atoms with Gasteiger partial charge in [0.15, 0.2) is 0 Å². The third-order valence-electron chi connectivity index (χ3n) is 4.04. The summed E-state index contributed by atoms with van der Waals surface area (Å²) in [6, 6.07) is 13.8. The predicted octanol–water partition coefficient (Wildman–Crippen LogP) is 2.55. The number of rotatable bonds is 5. The molecule has 0 aliphatic heterocycles. The molecule has 3 rings (SSSR count). The van der Waals surface area contributed by atoms with Crippen LogP contribution in [0.3, 0.4) is 0 Å². The Kier molecular flexibility index (Phi) is 3.60. The maximum absolute atomic E-state index is 12.3. The molecule has 1 heterocycles. The lowest BCUT2D eigenvalue weighted by molar-refractivity contribution is 0.0946. The molecule has 2 aromatic rings. The second-order valence-electron chi connectivity index (χ2n) is 5.39. The molecule has 1 N–H and O–H groups in total. The van der Waals surface area contributed by atoms with E-state index >= 15 is 0 Å². The lowest BCUT2D eigenvalue weighted by Crippen LogP contribution is -2.32. The number of aromatic nitrogens is 1. The number of carbonyl (C=O) groups excluding carboxylic acids is 1. The molecule has 1 aromatic carbocycles. The first-order valence-corrected chi connectivity index (χ1v) is 7.08. The van der Waals surface area contributed by atoms with Gasteiger partial charge in [0, 0.05) is 18.2 Å². The van der Waals surface area contributed by atoms with E-state index in [1.165, 1.54) is 12.7 Å². The quantitative estimate of drug-likeness (QED) is 0.917. The number of hydrogen-bond acceptors (Lipinski definition) is 3. The maximum Gasteiger partial charge on any atom is 0.256 e. The van der Waals surface area contributed by atoms with Crippen LogP contribution in [0.25, 0.3) is 0 Å². The second kappa shape index (κ2) is 5.56. The predicted molar refractivity (Wildman–Crippen MR) is 80.5 cm³/mol. The summed E-state index contributed by atoms with van der Waals surface area (Å²) in [6.07, 6.45) is 3.84. The van der Waals surface area contributed by atoms with E-state index in [0.29, 0.717) is 18.0 Å². The van der Waals surface area contributed by atoms with Crippen molar-refractivity contribution in [2.75, 3.05) is 13.7 Å². The highest BCUT2D eigenvalue weighted by atomic mass is 16.5. The average molecular weight is 282 g/mol. The molecule has 0 bridgehead atoms. The third kappa shape index (κ3) is 2.75. The van der Waals surface area contributed by atoms with Gasteiger partial charge >= 0.3 is 0 Å². The first-order valence-electron chi connectivity index (χ1n) is 7.08. The summed E-state index contributed by atoms with van der Waals surface area (Å²) in [5.74, 6) is 0.224. The van der Waals surface area contributed by atoms with Gasteiger partial charge in [0.25, 0.3) is 5.91 Å². The topological polar surface area (TPSA) is 51.2 Å². The Labute approximate surface area is 124 Å². The number of carbonyl (C=O) groups is 1. The van der Waals surface area contributed by atoms with Crippen molar-refractivity contribution in [3.8, 4) is 5.88 Å². The molecule has 0 spiro atoms. The highest BCUT2D eigenvalue weighted by molar-refractivity contribution is 5.96. The molecule has 1 fully saturated rings. The maximum atomic E-state index is 12.3. The monoisotopic (exact) mass is 282 g/mol. The van der Waals surface area contributed by atoms with E-state index in [1.807, 2.05) is 18.2 Å². The molecule has 0 unspecified atom stereocenters. The Balaban J connectivity index is 1.69. The van der Waals surface area contributed by atoms with Crippen molar-refractivity contribution in [1.82, 2.24) is 10.3 Å². The number of hydrogen-bond donors (Lipinski definition) is 1. The first kappa shape index (κ1) is 13.6. The van der Waals surface area contributed by atoms with E-state index in [0.717, 1.165) is 12.8 Å². The fraction of sp³-hybridized carbons (Fsp3) is 0.294. The number of nitrogens with one attached hydrogen (secondary N) is 1. The van der Waals surface area contributed by atoms with E-state index in [-0.39, 0.29) is 11.3 Å². The average Bonchev–Trinajstić information content (AvgIpc) is 3.34. The number of ether oxygens (including phenoxy) is 1. The van der Waals surface area contributed by atoms with Crippen molar-refractivity contribution in [2.24, 2.45) is 0 Å². The minimum absolute atomic E-state index is 0.104. The lowest BCUT2D eigenvalue weighted by atomic mass is 9.96. The summed E-state index contributed by atoms with van der Waals surface area (Å²) in [4.78, 5) is 16.4. The van der Waals surface area contributed by atoms with Gasteiger partial charge in [-0.05, 0) is 30.5 Å². The molecular formula is C17H18N2O2. The summed E-state index contributed by atoms with van der Waals surface area (Å²) in [7, 11) is 1.52. The van der Waals surface area contributed by atoms with Gasteiger partial charge in [-0.1, -0.05) is 30.3 Å². The minimum atomic E-state index is -0.137. The van der Waals surface area contributed by atoms with Crippen LogP contribution in [0.4, 0.5) is 0 Å². The second-order valence-corrected chi connectivity index (χ2v) is 5.39. The molecule has 0 radical (unpaired) electrons. The van der Waals surface area contributed by atoms with Gasteiger partial charge < -0.3 is 10.1 Å². The molecule has 1 amide bonds. The summed E-state index contributed by atoms with van der Waals surface area (Å²) in [6.45, 7) is 0.647. The molecule has 1 aliphatic carbocycles. The van der Waals surface area contributed by atoms with Crippen molar-refractivity contribution < 1.29 is 9.53 Å². The van der Waals surface area contributed by atoms with E-state index < -0.39 is 0 Å². The molecule has 21 heavy (non-hydrogen) atoms. The smallest absolute Gasteiger partial charge is 0.256 e. The van der Waals surface area contributed by atoms with Crippen molar-refractivity contribution in [3.63, 3.8) is 0 Å². The van der Waals surface area contributed by atoms with Crippen molar-refractivity contribution in [1.29, 1.82) is 0 Å². The molecule has 108 valence electrons. The standard InChI is InChI=1S/C17H18N2O2/c1-21-16-14(8-5-11-18-16)15(20)19-12-17(9-10-17)13-6-3-2-4-7-13/h2-8,11H,9-10,12H2,1H3,(H,19,20). The molecular weight excluding hydrogens is 264 g/mol. The highest BCUT2D eigenvalue weighted by Gasteiger charge is 2.44. The van der Waals surface area contributed by atoms with E-state index in [4.69, 9.17) is 4.74 Å². The molecule has 4 heteroatoms.